The molecule has 0 saturated carbocycles. The van der Waals surface area contributed by atoms with E-state index in [-0.39, 0.29) is 0 Å². The van der Waals surface area contributed by atoms with E-state index in [1.807, 2.05) is 0 Å². The topological polar surface area (TPSA) is 24.1 Å². The predicted octanol–water partition coefficient (Wildman–Crippen LogP) is 2.05. The average Bonchev–Trinajstić information content (AvgIpc) is 2.31. The van der Waals surface area contributed by atoms with Crippen molar-refractivity contribution >= 4 is 0 Å². The molecule has 2 N–H and O–H groups in total. The Bertz CT molecular complexity index is 167. The second kappa shape index (κ2) is 4.63. The van der Waals surface area contributed by atoms with Crippen molar-refractivity contribution in [3.05, 3.63) is 0 Å². The van der Waals surface area contributed by atoms with Crippen molar-refractivity contribution in [1.29, 1.82) is 0 Å². The first kappa shape index (κ1) is 10.4. The van der Waals surface area contributed by atoms with Crippen LogP contribution in [-0.4, -0.2) is 24.7 Å². The molecule has 2 fully saturated rings. The zero-order valence-corrected chi connectivity index (χ0v) is 9.44. The first-order chi connectivity index (χ1) is 6.87. The Morgan fingerprint density at radius 3 is 2.57 bits per heavy atom. The largest absolute Gasteiger partial charge is 0.312 e. The van der Waals surface area contributed by atoms with Crippen LogP contribution in [0.15, 0.2) is 0 Å². The molecule has 2 heteroatoms. The summed E-state index contributed by atoms with van der Waals surface area (Å²) < 4.78 is 0. The second-order valence-electron chi connectivity index (χ2n) is 4.90. The van der Waals surface area contributed by atoms with E-state index in [4.69, 9.17) is 0 Å². The van der Waals surface area contributed by atoms with E-state index in [0.717, 1.165) is 6.04 Å². The molecule has 2 nitrogen and oxygen atoms in total. The van der Waals surface area contributed by atoms with Gasteiger partial charge < -0.3 is 10.6 Å². The summed E-state index contributed by atoms with van der Waals surface area (Å²) in [5, 5.41) is 7.51. The van der Waals surface area contributed by atoms with Gasteiger partial charge in [0.2, 0.25) is 0 Å². The first-order valence-electron chi connectivity index (χ1n) is 6.36. The van der Waals surface area contributed by atoms with Gasteiger partial charge in [0.1, 0.15) is 0 Å². The zero-order chi connectivity index (χ0) is 9.86. The standard InChI is InChI=1S/C12H24N2/c1-2-12(8-4-6-10-14-12)11-7-3-5-9-13-11/h11,13-14H,2-10H2,1H3. The van der Waals surface area contributed by atoms with Crippen LogP contribution in [-0.2, 0) is 0 Å². The number of hydrogen-bond acceptors (Lipinski definition) is 2. The monoisotopic (exact) mass is 196 g/mol. The molecule has 0 bridgehead atoms. The van der Waals surface area contributed by atoms with E-state index in [0.29, 0.717) is 5.54 Å². The maximum Gasteiger partial charge on any atom is 0.0332 e. The first-order valence-corrected chi connectivity index (χ1v) is 6.36. The van der Waals surface area contributed by atoms with Crippen LogP contribution in [0.1, 0.15) is 51.9 Å². The minimum atomic E-state index is 0.429. The summed E-state index contributed by atoms with van der Waals surface area (Å²) in [5.41, 5.74) is 0.429. The summed E-state index contributed by atoms with van der Waals surface area (Å²) in [5.74, 6) is 0. The lowest BCUT2D eigenvalue weighted by atomic mass is 9.77. The molecule has 2 atom stereocenters. The van der Waals surface area contributed by atoms with Crippen LogP contribution in [0.3, 0.4) is 0 Å². The number of nitrogens with one attached hydrogen (secondary N) is 2. The molecule has 2 rings (SSSR count). The van der Waals surface area contributed by atoms with Crippen molar-refractivity contribution in [1.82, 2.24) is 10.6 Å². The van der Waals surface area contributed by atoms with Gasteiger partial charge in [0.15, 0.2) is 0 Å². The fourth-order valence-electron chi connectivity index (χ4n) is 3.16. The molecule has 2 unspecified atom stereocenters. The summed E-state index contributed by atoms with van der Waals surface area (Å²) in [4.78, 5) is 0. The second-order valence-corrected chi connectivity index (χ2v) is 4.90. The SMILES string of the molecule is CCC1(C2CCCCN2)CCCCN1. The van der Waals surface area contributed by atoms with Crippen molar-refractivity contribution in [3.8, 4) is 0 Å². The summed E-state index contributed by atoms with van der Waals surface area (Å²) in [6.07, 6.45) is 9.61. The van der Waals surface area contributed by atoms with Crippen LogP contribution in [0.25, 0.3) is 0 Å². The van der Waals surface area contributed by atoms with E-state index in [1.165, 1.54) is 58.0 Å². The maximum atomic E-state index is 3.79. The van der Waals surface area contributed by atoms with E-state index in [9.17, 15) is 0 Å². The molecule has 14 heavy (non-hydrogen) atoms. The molecule has 2 aliphatic heterocycles. The quantitative estimate of drug-likeness (QED) is 0.706. The molecule has 0 radical (unpaired) electrons. The number of hydrogen-bond donors (Lipinski definition) is 2. The Morgan fingerprint density at radius 2 is 2.00 bits per heavy atom. The van der Waals surface area contributed by atoms with Crippen LogP contribution < -0.4 is 10.6 Å². The molecule has 0 spiro atoms. The highest BCUT2D eigenvalue weighted by Gasteiger charge is 2.38. The van der Waals surface area contributed by atoms with Gasteiger partial charge in [-0.05, 0) is 45.2 Å². The molecule has 82 valence electrons. The fraction of sp³-hybridized carbons (Fsp3) is 1.00. The van der Waals surface area contributed by atoms with Gasteiger partial charge >= 0.3 is 0 Å². The third-order valence-corrected chi connectivity index (χ3v) is 4.13. The van der Waals surface area contributed by atoms with Gasteiger partial charge in [0.05, 0.1) is 0 Å². The van der Waals surface area contributed by atoms with Crippen LogP contribution in [0.4, 0.5) is 0 Å². The molecular weight excluding hydrogens is 172 g/mol. The van der Waals surface area contributed by atoms with E-state index < -0.39 is 0 Å². The Labute approximate surface area is 87.8 Å². The van der Waals surface area contributed by atoms with E-state index >= 15 is 0 Å². The van der Waals surface area contributed by atoms with Crippen molar-refractivity contribution in [2.45, 2.75) is 63.5 Å². The fourth-order valence-corrected chi connectivity index (χ4v) is 3.16. The van der Waals surface area contributed by atoms with Gasteiger partial charge in [0.25, 0.3) is 0 Å². The summed E-state index contributed by atoms with van der Waals surface area (Å²) >= 11 is 0. The Kier molecular flexibility index (Phi) is 3.45. The average molecular weight is 196 g/mol. The van der Waals surface area contributed by atoms with Gasteiger partial charge in [-0.1, -0.05) is 19.8 Å². The Hall–Kier alpha value is -0.0800. The van der Waals surface area contributed by atoms with Crippen LogP contribution in [0.2, 0.25) is 0 Å². The normalized spacial score (nSPS) is 39.6. The molecular formula is C12H24N2. The van der Waals surface area contributed by atoms with Crippen LogP contribution >= 0.6 is 0 Å². The Balaban J connectivity index is 2.01. The molecule has 0 aliphatic carbocycles. The zero-order valence-electron chi connectivity index (χ0n) is 9.44. The van der Waals surface area contributed by atoms with Gasteiger partial charge in [-0.15, -0.1) is 0 Å². The molecule has 0 aromatic heterocycles. The molecule has 2 aliphatic rings. The Morgan fingerprint density at radius 1 is 1.14 bits per heavy atom. The van der Waals surface area contributed by atoms with Gasteiger partial charge in [-0.2, -0.15) is 0 Å². The molecule has 2 heterocycles. The smallest absolute Gasteiger partial charge is 0.0332 e. The van der Waals surface area contributed by atoms with Crippen molar-refractivity contribution in [3.63, 3.8) is 0 Å². The maximum absolute atomic E-state index is 3.79. The molecule has 0 aromatic carbocycles. The molecule has 0 amide bonds. The predicted molar refractivity (Wildman–Crippen MR) is 60.5 cm³/mol. The summed E-state index contributed by atoms with van der Waals surface area (Å²) in [6, 6.07) is 0.738. The van der Waals surface area contributed by atoms with Crippen molar-refractivity contribution < 1.29 is 0 Å². The highest BCUT2D eigenvalue weighted by Crippen LogP contribution is 2.30. The van der Waals surface area contributed by atoms with Crippen molar-refractivity contribution in [2.24, 2.45) is 0 Å². The van der Waals surface area contributed by atoms with Gasteiger partial charge in [-0.25, -0.2) is 0 Å². The third kappa shape index (κ3) is 1.96. The van der Waals surface area contributed by atoms with Gasteiger partial charge in [0, 0.05) is 11.6 Å². The highest BCUT2D eigenvalue weighted by atomic mass is 15.1. The van der Waals surface area contributed by atoms with Crippen molar-refractivity contribution in [2.75, 3.05) is 13.1 Å². The molecule has 2 saturated heterocycles. The lowest BCUT2D eigenvalue weighted by molar-refractivity contribution is 0.155. The van der Waals surface area contributed by atoms with Crippen LogP contribution in [0.5, 0.6) is 0 Å². The number of piperidine rings is 2. The minimum Gasteiger partial charge on any atom is -0.312 e. The van der Waals surface area contributed by atoms with Gasteiger partial charge in [-0.3, -0.25) is 0 Å². The lowest BCUT2D eigenvalue weighted by Gasteiger charge is -2.46. The minimum absolute atomic E-state index is 0.429. The van der Waals surface area contributed by atoms with Crippen LogP contribution in [0, 0.1) is 0 Å². The highest BCUT2D eigenvalue weighted by molar-refractivity contribution is 5.00. The summed E-state index contributed by atoms with van der Waals surface area (Å²) in [6.45, 7) is 4.80. The summed E-state index contributed by atoms with van der Waals surface area (Å²) in [7, 11) is 0. The lowest BCUT2D eigenvalue weighted by Crippen LogP contribution is -2.62. The van der Waals surface area contributed by atoms with E-state index in [1.54, 1.807) is 0 Å². The number of rotatable bonds is 2. The molecule has 0 aromatic rings. The van der Waals surface area contributed by atoms with E-state index in [2.05, 4.69) is 17.6 Å². The third-order valence-electron chi connectivity index (χ3n) is 4.13.